The number of amides is 1. The Labute approximate surface area is 188 Å². The third-order valence-electron chi connectivity index (χ3n) is 7.17. The van der Waals surface area contributed by atoms with Gasteiger partial charge in [0.25, 0.3) is 5.95 Å². The van der Waals surface area contributed by atoms with Gasteiger partial charge in [-0.2, -0.15) is 4.98 Å². The first kappa shape index (κ1) is 24.2. The number of carbonyl (C=O) groups excluding carboxylic acids is 1. The van der Waals surface area contributed by atoms with Gasteiger partial charge in [0, 0.05) is 13.0 Å². The minimum absolute atomic E-state index is 0.00402. The van der Waals surface area contributed by atoms with Gasteiger partial charge >= 0.3 is 0 Å². The second kappa shape index (κ2) is 13.9. The third-order valence-corrected chi connectivity index (χ3v) is 7.17. The highest BCUT2D eigenvalue weighted by Crippen LogP contribution is 2.38. The summed E-state index contributed by atoms with van der Waals surface area (Å²) in [5.41, 5.74) is 0. The van der Waals surface area contributed by atoms with E-state index in [1.807, 2.05) is 0 Å². The molecule has 0 aliphatic carbocycles. The van der Waals surface area contributed by atoms with Crippen LogP contribution in [0.4, 0.5) is 5.95 Å². The molecule has 1 N–H and O–H groups in total. The Bertz CT molecular complexity index is 625. The molecule has 2 bridgehead atoms. The number of nitrogens with one attached hydrogen (secondary N) is 1. The maximum absolute atomic E-state index is 12.2. The van der Waals surface area contributed by atoms with E-state index in [0.717, 1.165) is 19.4 Å². The number of unbranched alkanes of at least 4 members (excludes halogenated alkanes) is 12. The monoisotopic (exact) mass is 432 g/mol. The molecular weight excluding hydrogens is 388 g/mol. The van der Waals surface area contributed by atoms with Crippen LogP contribution in [0.5, 0.6) is 0 Å². The highest BCUT2D eigenvalue weighted by atomic mass is 16.5. The molecule has 1 aromatic heterocycles. The van der Waals surface area contributed by atoms with Crippen molar-refractivity contribution in [1.82, 2.24) is 15.0 Å². The largest absolute Gasteiger partial charge is 0.337 e. The molecule has 3 saturated heterocycles. The molecular formula is C25H44N4O2. The average Bonchev–Trinajstić information content (AvgIpc) is 3.26. The van der Waals surface area contributed by atoms with Crippen LogP contribution in [0.25, 0.3) is 0 Å². The van der Waals surface area contributed by atoms with E-state index in [4.69, 9.17) is 4.52 Å². The second-order valence-corrected chi connectivity index (χ2v) is 9.74. The Hall–Kier alpha value is -1.43. The summed E-state index contributed by atoms with van der Waals surface area (Å²) >= 11 is 0. The number of anilines is 1. The van der Waals surface area contributed by atoms with Crippen LogP contribution < -0.4 is 5.32 Å². The predicted octanol–water partition coefficient (Wildman–Crippen LogP) is 6.30. The van der Waals surface area contributed by atoms with Crippen molar-refractivity contribution < 1.29 is 9.32 Å². The van der Waals surface area contributed by atoms with Crippen LogP contribution in [0, 0.1) is 5.92 Å². The zero-order valence-corrected chi connectivity index (χ0v) is 19.7. The lowest BCUT2D eigenvalue weighted by molar-refractivity contribution is -0.116. The molecule has 3 fully saturated rings. The molecule has 1 unspecified atom stereocenters. The summed E-state index contributed by atoms with van der Waals surface area (Å²) in [5, 5.41) is 6.81. The lowest BCUT2D eigenvalue weighted by Gasteiger charge is -2.43. The first-order chi connectivity index (χ1) is 15.3. The van der Waals surface area contributed by atoms with Crippen LogP contribution in [0.1, 0.15) is 121 Å². The zero-order valence-electron chi connectivity index (χ0n) is 19.7. The first-order valence-electron chi connectivity index (χ1n) is 13.1. The summed E-state index contributed by atoms with van der Waals surface area (Å²) in [6.07, 6.45) is 20.0. The van der Waals surface area contributed by atoms with Crippen LogP contribution in [0.15, 0.2) is 4.52 Å². The fraction of sp³-hybridized carbons (Fsp3) is 0.880. The molecule has 1 amide bonds. The number of aromatic nitrogens is 2. The van der Waals surface area contributed by atoms with Crippen molar-refractivity contribution in [3.05, 3.63) is 5.89 Å². The lowest BCUT2D eigenvalue weighted by Crippen LogP contribution is -2.46. The van der Waals surface area contributed by atoms with E-state index in [1.54, 1.807) is 0 Å². The van der Waals surface area contributed by atoms with Gasteiger partial charge in [0.15, 0.2) is 0 Å². The van der Waals surface area contributed by atoms with Crippen molar-refractivity contribution in [3.8, 4) is 0 Å². The molecule has 176 valence electrons. The number of fused-ring (bicyclic) bond motifs is 3. The Kier molecular flexibility index (Phi) is 10.8. The molecule has 0 radical (unpaired) electrons. The Morgan fingerprint density at radius 2 is 1.52 bits per heavy atom. The van der Waals surface area contributed by atoms with Gasteiger partial charge in [0.05, 0.1) is 5.92 Å². The number of nitrogens with zero attached hydrogens (tertiary/aromatic N) is 3. The number of hydrogen-bond donors (Lipinski definition) is 1. The van der Waals surface area contributed by atoms with Crippen LogP contribution in [0.2, 0.25) is 0 Å². The van der Waals surface area contributed by atoms with Crippen molar-refractivity contribution >= 4 is 11.9 Å². The second-order valence-electron chi connectivity index (χ2n) is 9.74. The zero-order chi connectivity index (χ0) is 21.7. The molecule has 0 spiro atoms. The molecule has 1 atom stereocenters. The maximum Gasteiger partial charge on any atom is 0.270 e. The lowest BCUT2D eigenvalue weighted by atomic mass is 9.79. The van der Waals surface area contributed by atoms with Crippen molar-refractivity contribution in [2.75, 3.05) is 25.0 Å². The van der Waals surface area contributed by atoms with Crippen molar-refractivity contribution in [3.63, 3.8) is 0 Å². The molecule has 1 aromatic rings. The molecule has 3 aliphatic heterocycles. The van der Waals surface area contributed by atoms with Gasteiger partial charge < -0.3 is 9.42 Å². The fourth-order valence-corrected chi connectivity index (χ4v) is 5.17. The number of rotatable bonds is 16. The summed E-state index contributed by atoms with van der Waals surface area (Å²) in [7, 11) is 0. The number of hydrogen-bond acceptors (Lipinski definition) is 5. The van der Waals surface area contributed by atoms with Gasteiger partial charge in [-0.15, -0.1) is 0 Å². The Morgan fingerprint density at radius 1 is 0.935 bits per heavy atom. The van der Waals surface area contributed by atoms with Gasteiger partial charge in [-0.25, -0.2) is 0 Å². The highest BCUT2D eigenvalue weighted by molar-refractivity contribution is 5.88. The minimum atomic E-state index is 0.00402. The molecule has 0 saturated carbocycles. The smallest absolute Gasteiger partial charge is 0.270 e. The summed E-state index contributed by atoms with van der Waals surface area (Å²) in [6, 6.07) is 0. The summed E-state index contributed by atoms with van der Waals surface area (Å²) in [6.45, 7) is 5.67. The standard InChI is InChI=1S/C25H44N4O2/c1-2-3-4-5-6-7-8-9-10-11-12-13-14-15-23(30)26-25-27-24(31-28-25)22-20-29-18-16-21(22)17-19-29/h21-22H,2-20H2,1H3,(H,26,28,30). The Balaban J connectivity index is 1.17. The van der Waals surface area contributed by atoms with Crippen molar-refractivity contribution in [2.24, 2.45) is 5.92 Å². The van der Waals surface area contributed by atoms with E-state index in [9.17, 15) is 4.79 Å². The van der Waals surface area contributed by atoms with Crippen molar-refractivity contribution in [2.45, 2.75) is 116 Å². The first-order valence-corrected chi connectivity index (χ1v) is 13.1. The van der Waals surface area contributed by atoms with Crippen LogP contribution in [-0.2, 0) is 4.79 Å². The number of piperidine rings is 3. The summed E-state index contributed by atoms with van der Waals surface area (Å²) in [4.78, 5) is 19.1. The molecule has 3 aliphatic rings. The van der Waals surface area contributed by atoms with Crippen LogP contribution >= 0.6 is 0 Å². The molecule has 6 heteroatoms. The van der Waals surface area contributed by atoms with E-state index in [0.29, 0.717) is 30.1 Å². The van der Waals surface area contributed by atoms with E-state index in [1.165, 1.54) is 96.6 Å². The van der Waals surface area contributed by atoms with E-state index >= 15 is 0 Å². The fourth-order valence-electron chi connectivity index (χ4n) is 5.17. The van der Waals surface area contributed by atoms with Crippen LogP contribution in [0.3, 0.4) is 0 Å². The van der Waals surface area contributed by atoms with E-state index in [-0.39, 0.29) is 5.91 Å². The van der Waals surface area contributed by atoms with Gasteiger partial charge in [-0.05, 0) is 43.4 Å². The third kappa shape index (κ3) is 8.55. The molecule has 4 heterocycles. The maximum atomic E-state index is 12.2. The van der Waals surface area contributed by atoms with Crippen LogP contribution in [-0.4, -0.2) is 40.6 Å². The van der Waals surface area contributed by atoms with Gasteiger partial charge in [0.1, 0.15) is 0 Å². The Morgan fingerprint density at radius 3 is 2.06 bits per heavy atom. The molecule has 31 heavy (non-hydrogen) atoms. The molecule has 0 aromatic carbocycles. The van der Waals surface area contributed by atoms with E-state index in [2.05, 4.69) is 27.3 Å². The topological polar surface area (TPSA) is 71.3 Å². The normalized spacial score (nSPS) is 22.7. The number of carbonyl (C=O) groups is 1. The summed E-state index contributed by atoms with van der Waals surface area (Å²) < 4.78 is 5.48. The SMILES string of the molecule is CCCCCCCCCCCCCCCC(=O)Nc1noc(C2CN3CCC2CC3)n1. The predicted molar refractivity (Wildman–Crippen MR) is 125 cm³/mol. The van der Waals surface area contributed by atoms with Gasteiger partial charge in [-0.1, -0.05) is 84.0 Å². The molecule has 6 nitrogen and oxygen atoms in total. The summed E-state index contributed by atoms with van der Waals surface area (Å²) in [5.74, 6) is 2.03. The van der Waals surface area contributed by atoms with Gasteiger partial charge in [0.2, 0.25) is 11.8 Å². The average molecular weight is 433 g/mol. The van der Waals surface area contributed by atoms with E-state index < -0.39 is 0 Å². The van der Waals surface area contributed by atoms with Crippen molar-refractivity contribution in [1.29, 1.82) is 0 Å². The highest BCUT2D eigenvalue weighted by Gasteiger charge is 2.38. The minimum Gasteiger partial charge on any atom is -0.337 e. The van der Waals surface area contributed by atoms with Gasteiger partial charge in [-0.3, -0.25) is 10.1 Å². The molecule has 4 rings (SSSR count). The quantitative estimate of drug-likeness (QED) is 0.310.